The number of carbonyl (C=O) groups excluding carboxylic acids is 1. The first-order valence-corrected chi connectivity index (χ1v) is 7.14. The van der Waals surface area contributed by atoms with Crippen molar-refractivity contribution in [1.29, 1.82) is 0 Å². The molecule has 1 heterocycles. The summed E-state index contributed by atoms with van der Waals surface area (Å²) in [6, 6.07) is 5.73. The third kappa shape index (κ3) is 3.91. The summed E-state index contributed by atoms with van der Waals surface area (Å²) in [7, 11) is 0. The summed E-state index contributed by atoms with van der Waals surface area (Å²) in [6.07, 6.45) is 2.32. The lowest BCUT2D eigenvalue weighted by atomic mass is 10.1. The lowest BCUT2D eigenvalue weighted by molar-refractivity contribution is -0.385. The van der Waals surface area contributed by atoms with E-state index in [1.807, 2.05) is 13.8 Å². The number of amides is 1. The smallest absolute Gasteiger partial charge is 0.307 e. The van der Waals surface area contributed by atoms with Gasteiger partial charge in [0.1, 0.15) is 24.8 Å². The van der Waals surface area contributed by atoms with Crippen molar-refractivity contribution in [3.05, 3.63) is 58.2 Å². The van der Waals surface area contributed by atoms with Crippen molar-refractivity contribution < 1.29 is 14.1 Å². The summed E-state index contributed by atoms with van der Waals surface area (Å²) >= 11 is 0. The number of carbonyl (C=O) groups is 1. The molecule has 7 nitrogen and oxygen atoms in total. The Kier molecular flexibility index (Phi) is 5.05. The SMILES string of the molecule is CCN(C(=O)Cn1cc([N+](=O)[O-])cn1)[C@H](C)c1ccc(F)cc1. The van der Waals surface area contributed by atoms with Gasteiger partial charge in [-0.1, -0.05) is 12.1 Å². The van der Waals surface area contributed by atoms with Crippen LogP contribution in [0.2, 0.25) is 0 Å². The molecular weight excluding hydrogens is 303 g/mol. The van der Waals surface area contributed by atoms with Crippen molar-refractivity contribution in [2.75, 3.05) is 6.54 Å². The van der Waals surface area contributed by atoms with Gasteiger partial charge in [0, 0.05) is 6.54 Å². The lowest BCUT2D eigenvalue weighted by Crippen LogP contribution is -2.36. The van der Waals surface area contributed by atoms with Crippen LogP contribution in [0.3, 0.4) is 0 Å². The number of likely N-dealkylation sites (N-methyl/N-ethyl adjacent to an activating group) is 1. The number of nitro groups is 1. The van der Waals surface area contributed by atoms with Crippen molar-refractivity contribution in [3.8, 4) is 0 Å². The zero-order chi connectivity index (χ0) is 17.0. The van der Waals surface area contributed by atoms with Gasteiger partial charge in [-0.2, -0.15) is 5.10 Å². The number of nitrogens with zero attached hydrogens (tertiary/aromatic N) is 4. The highest BCUT2D eigenvalue weighted by Crippen LogP contribution is 2.21. The van der Waals surface area contributed by atoms with Crippen molar-refractivity contribution >= 4 is 11.6 Å². The largest absolute Gasteiger partial charge is 0.335 e. The van der Waals surface area contributed by atoms with Crippen LogP contribution >= 0.6 is 0 Å². The lowest BCUT2D eigenvalue weighted by Gasteiger charge is -2.28. The summed E-state index contributed by atoms with van der Waals surface area (Å²) < 4.78 is 14.2. The highest BCUT2D eigenvalue weighted by atomic mass is 19.1. The van der Waals surface area contributed by atoms with Gasteiger partial charge in [-0.3, -0.25) is 19.6 Å². The Morgan fingerprint density at radius 1 is 1.43 bits per heavy atom. The van der Waals surface area contributed by atoms with Gasteiger partial charge in [-0.25, -0.2) is 4.39 Å². The number of aromatic nitrogens is 2. The fourth-order valence-electron chi connectivity index (χ4n) is 2.35. The third-order valence-electron chi connectivity index (χ3n) is 3.61. The Bertz CT molecular complexity index is 699. The summed E-state index contributed by atoms with van der Waals surface area (Å²) in [6.45, 7) is 4.05. The molecule has 0 N–H and O–H groups in total. The molecule has 2 rings (SSSR count). The molecule has 8 heteroatoms. The summed E-state index contributed by atoms with van der Waals surface area (Å²) in [5.74, 6) is -0.554. The van der Waals surface area contributed by atoms with Crippen LogP contribution in [0.4, 0.5) is 10.1 Å². The Balaban J connectivity index is 2.10. The molecule has 0 radical (unpaired) electrons. The number of halogens is 1. The fraction of sp³-hybridized carbons (Fsp3) is 0.333. The van der Waals surface area contributed by atoms with Crippen LogP contribution in [0.1, 0.15) is 25.5 Å². The van der Waals surface area contributed by atoms with Gasteiger partial charge in [0.05, 0.1) is 11.0 Å². The first-order valence-electron chi connectivity index (χ1n) is 7.14. The first kappa shape index (κ1) is 16.6. The Morgan fingerprint density at radius 3 is 2.61 bits per heavy atom. The number of benzene rings is 1. The second-order valence-electron chi connectivity index (χ2n) is 5.06. The molecule has 0 aliphatic rings. The van der Waals surface area contributed by atoms with Crippen LogP contribution in [-0.4, -0.2) is 32.1 Å². The molecule has 0 bridgehead atoms. The summed E-state index contributed by atoms with van der Waals surface area (Å²) in [5.41, 5.74) is 0.653. The van der Waals surface area contributed by atoms with Crippen molar-refractivity contribution in [2.24, 2.45) is 0 Å². The minimum atomic E-state index is -0.563. The molecule has 1 aromatic heterocycles. The van der Waals surface area contributed by atoms with E-state index in [0.29, 0.717) is 6.54 Å². The van der Waals surface area contributed by atoms with Crippen LogP contribution in [0.5, 0.6) is 0 Å². The highest BCUT2D eigenvalue weighted by molar-refractivity contribution is 5.76. The maximum absolute atomic E-state index is 13.0. The normalized spacial score (nSPS) is 12.0. The summed E-state index contributed by atoms with van der Waals surface area (Å²) in [5, 5.41) is 14.5. The first-order chi connectivity index (χ1) is 10.9. The molecule has 23 heavy (non-hydrogen) atoms. The molecule has 1 atom stereocenters. The van der Waals surface area contributed by atoms with E-state index in [4.69, 9.17) is 0 Å². The minimum Gasteiger partial charge on any atom is -0.335 e. The molecule has 0 spiro atoms. The quantitative estimate of drug-likeness (QED) is 0.605. The monoisotopic (exact) mass is 320 g/mol. The summed E-state index contributed by atoms with van der Waals surface area (Å²) in [4.78, 5) is 24.1. The molecule has 0 aliphatic carbocycles. The van der Waals surface area contributed by atoms with Crippen molar-refractivity contribution in [3.63, 3.8) is 0 Å². The van der Waals surface area contributed by atoms with E-state index in [0.717, 1.165) is 11.8 Å². The molecule has 0 aliphatic heterocycles. The Hall–Kier alpha value is -2.77. The fourth-order valence-corrected chi connectivity index (χ4v) is 2.35. The van der Waals surface area contributed by atoms with Crippen molar-refractivity contribution in [2.45, 2.75) is 26.4 Å². The van der Waals surface area contributed by atoms with Gasteiger partial charge in [-0.05, 0) is 31.5 Å². The minimum absolute atomic E-state index is 0.0901. The predicted octanol–water partition coefficient (Wildman–Crippen LogP) is 2.54. The van der Waals surface area contributed by atoms with E-state index in [1.165, 1.54) is 23.0 Å². The van der Waals surface area contributed by atoms with E-state index >= 15 is 0 Å². The van der Waals surface area contributed by atoms with Gasteiger partial charge in [-0.15, -0.1) is 0 Å². The van der Waals surface area contributed by atoms with E-state index in [2.05, 4.69) is 5.10 Å². The van der Waals surface area contributed by atoms with E-state index in [1.54, 1.807) is 17.0 Å². The standard InChI is InChI=1S/C15H17FN4O3/c1-3-19(11(2)12-4-6-13(16)7-5-12)15(21)10-18-9-14(8-17-18)20(22)23/h4-9,11H,3,10H2,1-2H3/t11-/m1/s1. The van der Waals surface area contributed by atoms with E-state index < -0.39 is 4.92 Å². The van der Waals surface area contributed by atoms with E-state index in [-0.39, 0.29) is 30.0 Å². The number of rotatable bonds is 6. The van der Waals surface area contributed by atoms with Gasteiger partial charge in [0.15, 0.2) is 0 Å². The Morgan fingerprint density at radius 2 is 2.09 bits per heavy atom. The number of hydrogen-bond donors (Lipinski definition) is 0. The predicted molar refractivity (Wildman–Crippen MR) is 81.1 cm³/mol. The average Bonchev–Trinajstić information content (AvgIpc) is 2.97. The second-order valence-corrected chi connectivity index (χ2v) is 5.06. The number of hydrogen-bond acceptors (Lipinski definition) is 4. The van der Waals surface area contributed by atoms with Crippen LogP contribution in [0, 0.1) is 15.9 Å². The third-order valence-corrected chi connectivity index (χ3v) is 3.61. The second kappa shape index (κ2) is 6.99. The van der Waals surface area contributed by atoms with Crippen LogP contribution in [0.25, 0.3) is 0 Å². The molecule has 122 valence electrons. The average molecular weight is 320 g/mol. The van der Waals surface area contributed by atoms with Crippen LogP contribution in [-0.2, 0) is 11.3 Å². The van der Waals surface area contributed by atoms with Crippen LogP contribution < -0.4 is 0 Å². The van der Waals surface area contributed by atoms with Gasteiger partial charge >= 0.3 is 5.69 Å². The maximum Gasteiger partial charge on any atom is 0.307 e. The molecule has 0 saturated heterocycles. The zero-order valence-electron chi connectivity index (χ0n) is 12.8. The molecule has 0 unspecified atom stereocenters. The van der Waals surface area contributed by atoms with Crippen LogP contribution in [0.15, 0.2) is 36.7 Å². The molecule has 1 amide bonds. The molecule has 0 saturated carbocycles. The highest BCUT2D eigenvalue weighted by Gasteiger charge is 2.21. The molecule has 1 aromatic carbocycles. The maximum atomic E-state index is 13.0. The van der Waals surface area contributed by atoms with Gasteiger partial charge in [0.25, 0.3) is 0 Å². The van der Waals surface area contributed by atoms with Gasteiger partial charge in [0.2, 0.25) is 5.91 Å². The molecule has 0 fully saturated rings. The van der Waals surface area contributed by atoms with Crippen molar-refractivity contribution in [1.82, 2.24) is 14.7 Å². The van der Waals surface area contributed by atoms with E-state index in [9.17, 15) is 19.3 Å². The molecule has 2 aromatic rings. The molecular formula is C15H17FN4O3. The topological polar surface area (TPSA) is 81.3 Å². The Labute approximate surface area is 132 Å². The van der Waals surface area contributed by atoms with Gasteiger partial charge < -0.3 is 4.90 Å². The zero-order valence-corrected chi connectivity index (χ0v) is 12.8.